The van der Waals surface area contributed by atoms with Crippen LogP contribution in [0.1, 0.15) is 48.7 Å². The predicted octanol–water partition coefficient (Wildman–Crippen LogP) is 3.51. The maximum absolute atomic E-state index is 12.6. The van der Waals surface area contributed by atoms with Crippen molar-refractivity contribution in [3.63, 3.8) is 0 Å². The monoisotopic (exact) mass is 438 g/mol. The number of carbonyl (C=O) groups is 2. The first-order valence-corrected chi connectivity index (χ1v) is 11.0. The van der Waals surface area contributed by atoms with Crippen molar-refractivity contribution in [2.75, 3.05) is 30.4 Å². The Balaban J connectivity index is 0.00000176. The molecular weight excluding hydrogens is 404 g/mol. The third-order valence-corrected chi connectivity index (χ3v) is 5.07. The van der Waals surface area contributed by atoms with E-state index in [1.807, 2.05) is 39.0 Å². The van der Waals surface area contributed by atoms with Crippen LogP contribution in [0.4, 0.5) is 16.2 Å². The van der Waals surface area contributed by atoms with E-state index < -0.39 is 0 Å². The summed E-state index contributed by atoms with van der Waals surface area (Å²) < 4.78 is 0. The van der Waals surface area contributed by atoms with Crippen LogP contribution in [0, 0.1) is 0 Å². The summed E-state index contributed by atoms with van der Waals surface area (Å²) in [6.07, 6.45) is 3.40. The lowest BCUT2D eigenvalue weighted by molar-refractivity contribution is 0.102. The Kier molecular flexibility index (Phi) is 9.09. The van der Waals surface area contributed by atoms with Crippen LogP contribution in [-0.4, -0.2) is 37.1 Å². The number of fused-ring (bicyclic) bond motifs is 1. The first-order chi connectivity index (χ1) is 15.4. The van der Waals surface area contributed by atoms with E-state index >= 15 is 0 Å². The fourth-order valence-electron chi connectivity index (χ4n) is 3.38. The Hall–Kier alpha value is -3.52. The number of rotatable bonds is 5. The van der Waals surface area contributed by atoms with Crippen LogP contribution in [0.2, 0.25) is 0 Å². The Morgan fingerprint density at radius 1 is 1.12 bits per heavy atom. The minimum atomic E-state index is -0.211. The number of urea groups is 1. The lowest BCUT2D eigenvalue weighted by Gasteiger charge is -2.29. The summed E-state index contributed by atoms with van der Waals surface area (Å²) in [4.78, 5) is 26.4. The summed E-state index contributed by atoms with van der Waals surface area (Å²) >= 11 is 0. The van der Waals surface area contributed by atoms with Crippen LogP contribution in [0.3, 0.4) is 0 Å². The first-order valence-electron chi connectivity index (χ1n) is 11.0. The van der Waals surface area contributed by atoms with E-state index in [9.17, 15) is 9.59 Å². The molecule has 0 fully saturated rings. The molecule has 8 nitrogen and oxygen atoms in total. The molecule has 6 N–H and O–H groups in total. The highest BCUT2D eigenvalue weighted by Crippen LogP contribution is 2.30. The lowest BCUT2D eigenvalue weighted by Crippen LogP contribution is -2.41. The van der Waals surface area contributed by atoms with E-state index in [0.29, 0.717) is 30.0 Å². The molecule has 1 aliphatic rings. The summed E-state index contributed by atoms with van der Waals surface area (Å²) in [5, 5.41) is 7.09. The maximum Gasteiger partial charge on any atom is 0.321 e. The number of nitrogens with two attached hydrogens (primary N) is 2. The SMILES string of the molecule is CC.CCN(N)/C=C(\N)c1ccc(C(=O)Nc2ccc3c(c2)CCCN3C(=O)NC)cc1. The van der Waals surface area contributed by atoms with Crippen LogP contribution in [-0.2, 0) is 6.42 Å². The van der Waals surface area contributed by atoms with Gasteiger partial charge in [-0.2, -0.15) is 0 Å². The van der Waals surface area contributed by atoms with Gasteiger partial charge in [0.15, 0.2) is 0 Å². The zero-order chi connectivity index (χ0) is 23.7. The zero-order valence-electron chi connectivity index (χ0n) is 19.3. The average Bonchev–Trinajstić information content (AvgIpc) is 2.84. The number of nitrogens with one attached hydrogen (secondary N) is 2. The van der Waals surface area contributed by atoms with Crippen molar-refractivity contribution in [3.8, 4) is 0 Å². The van der Waals surface area contributed by atoms with Crippen LogP contribution in [0.15, 0.2) is 48.7 Å². The predicted molar refractivity (Wildman–Crippen MR) is 131 cm³/mol. The minimum absolute atomic E-state index is 0.127. The second-order valence-corrected chi connectivity index (χ2v) is 7.10. The lowest BCUT2D eigenvalue weighted by atomic mass is 10.0. The van der Waals surface area contributed by atoms with Crippen LogP contribution >= 0.6 is 0 Å². The molecule has 32 heavy (non-hydrogen) atoms. The number of carbonyl (C=O) groups excluding carboxylic acids is 2. The largest absolute Gasteiger partial charge is 0.397 e. The van der Waals surface area contributed by atoms with Crippen molar-refractivity contribution in [2.45, 2.75) is 33.6 Å². The highest BCUT2D eigenvalue weighted by molar-refractivity contribution is 6.04. The van der Waals surface area contributed by atoms with Gasteiger partial charge in [-0.3, -0.25) is 9.69 Å². The summed E-state index contributed by atoms with van der Waals surface area (Å²) in [6.45, 7) is 7.25. The highest BCUT2D eigenvalue weighted by atomic mass is 16.2. The minimum Gasteiger partial charge on any atom is -0.397 e. The number of hydrogen-bond donors (Lipinski definition) is 4. The standard InChI is InChI=1S/C22H28N6O2.C2H6/c1-3-27(24)14-19(23)15-6-8-16(9-7-15)21(29)26-18-10-11-20-17(13-18)5-4-12-28(20)22(30)25-2;1-2/h6-11,13-14H,3-5,12,23-24H2,1-2H3,(H,25,30)(H,26,29);1-2H3/b19-14-;. The third-order valence-electron chi connectivity index (χ3n) is 5.07. The molecule has 0 unspecified atom stereocenters. The molecule has 1 aliphatic heterocycles. The number of nitrogens with zero attached hydrogens (tertiary/aromatic N) is 2. The van der Waals surface area contributed by atoms with Crippen molar-refractivity contribution < 1.29 is 9.59 Å². The van der Waals surface area contributed by atoms with E-state index in [0.717, 1.165) is 29.7 Å². The fraction of sp³-hybridized carbons (Fsp3) is 0.333. The second kappa shape index (κ2) is 11.8. The molecule has 0 atom stereocenters. The second-order valence-electron chi connectivity index (χ2n) is 7.10. The quantitative estimate of drug-likeness (QED) is 0.421. The molecule has 0 spiro atoms. The normalized spacial score (nSPS) is 12.8. The van der Waals surface area contributed by atoms with E-state index in [2.05, 4.69) is 10.6 Å². The van der Waals surface area contributed by atoms with E-state index in [1.54, 1.807) is 42.4 Å². The van der Waals surface area contributed by atoms with Gasteiger partial charge in [-0.05, 0) is 61.2 Å². The molecular formula is C24H34N6O2. The number of hydrogen-bond acceptors (Lipinski definition) is 5. The molecule has 0 saturated heterocycles. The molecule has 0 bridgehead atoms. The van der Waals surface area contributed by atoms with Gasteiger partial charge in [0.05, 0.1) is 5.70 Å². The summed E-state index contributed by atoms with van der Waals surface area (Å²) in [6, 6.07) is 12.5. The molecule has 1 heterocycles. The number of anilines is 2. The molecule has 3 rings (SSSR count). The summed E-state index contributed by atoms with van der Waals surface area (Å²) in [5.41, 5.74) is 10.5. The number of amides is 3. The molecule has 0 aromatic heterocycles. The third kappa shape index (κ3) is 6.01. The molecule has 3 amide bonds. The molecule has 2 aromatic carbocycles. The molecule has 0 saturated carbocycles. The Bertz CT molecular complexity index is 955. The van der Waals surface area contributed by atoms with Gasteiger partial charge in [-0.25, -0.2) is 10.6 Å². The van der Waals surface area contributed by atoms with Gasteiger partial charge in [-0.15, -0.1) is 0 Å². The van der Waals surface area contributed by atoms with Crippen molar-refractivity contribution in [2.24, 2.45) is 11.6 Å². The van der Waals surface area contributed by atoms with Gasteiger partial charge < -0.3 is 21.4 Å². The highest BCUT2D eigenvalue weighted by Gasteiger charge is 2.22. The smallest absolute Gasteiger partial charge is 0.321 e. The first kappa shape index (κ1) is 24.7. The summed E-state index contributed by atoms with van der Waals surface area (Å²) in [7, 11) is 1.62. The number of aryl methyl sites for hydroxylation is 1. The molecule has 8 heteroatoms. The van der Waals surface area contributed by atoms with Crippen molar-refractivity contribution in [1.29, 1.82) is 0 Å². The zero-order valence-corrected chi connectivity index (χ0v) is 19.3. The number of benzene rings is 2. The maximum atomic E-state index is 12.6. The Morgan fingerprint density at radius 3 is 2.41 bits per heavy atom. The van der Waals surface area contributed by atoms with E-state index in [4.69, 9.17) is 11.6 Å². The van der Waals surface area contributed by atoms with E-state index in [1.165, 1.54) is 5.01 Å². The molecule has 0 aliphatic carbocycles. The van der Waals surface area contributed by atoms with E-state index in [-0.39, 0.29) is 11.9 Å². The van der Waals surface area contributed by atoms with Crippen LogP contribution < -0.4 is 27.1 Å². The van der Waals surface area contributed by atoms with Crippen molar-refractivity contribution >= 4 is 29.0 Å². The average molecular weight is 439 g/mol. The topological polar surface area (TPSA) is 117 Å². The summed E-state index contributed by atoms with van der Waals surface area (Å²) in [5.74, 6) is 5.53. The number of hydrazine groups is 1. The van der Waals surface area contributed by atoms with Crippen LogP contribution in [0.25, 0.3) is 5.70 Å². The molecule has 172 valence electrons. The molecule has 0 radical (unpaired) electrons. The molecule has 2 aromatic rings. The van der Waals surface area contributed by atoms with Gasteiger partial charge in [0.1, 0.15) is 0 Å². The van der Waals surface area contributed by atoms with Gasteiger partial charge in [0, 0.05) is 43.3 Å². The van der Waals surface area contributed by atoms with Crippen molar-refractivity contribution in [3.05, 3.63) is 65.4 Å². The van der Waals surface area contributed by atoms with Gasteiger partial charge >= 0.3 is 6.03 Å². The van der Waals surface area contributed by atoms with Gasteiger partial charge in [-0.1, -0.05) is 26.0 Å². The van der Waals surface area contributed by atoms with Gasteiger partial charge in [0.2, 0.25) is 0 Å². The fourth-order valence-corrected chi connectivity index (χ4v) is 3.38. The van der Waals surface area contributed by atoms with Gasteiger partial charge in [0.25, 0.3) is 5.91 Å². The van der Waals surface area contributed by atoms with Crippen LogP contribution in [0.5, 0.6) is 0 Å². The Labute approximate surface area is 190 Å². The Morgan fingerprint density at radius 2 is 1.78 bits per heavy atom. The van der Waals surface area contributed by atoms with Crippen molar-refractivity contribution in [1.82, 2.24) is 10.3 Å².